The van der Waals surface area contributed by atoms with Crippen LogP contribution in [0.3, 0.4) is 0 Å². The largest absolute Gasteiger partial charge is 0.472 e. The Labute approximate surface area is 72.6 Å². The number of aliphatic hydroxyl groups is 1. The summed E-state index contributed by atoms with van der Waals surface area (Å²) in [4.78, 5) is 2.04. The van der Waals surface area contributed by atoms with Gasteiger partial charge >= 0.3 is 0 Å². The highest BCUT2D eigenvalue weighted by Crippen LogP contribution is 2.16. The summed E-state index contributed by atoms with van der Waals surface area (Å²) in [5.74, 6) is 0. The van der Waals surface area contributed by atoms with E-state index < -0.39 is 6.10 Å². The molecule has 0 aliphatic carbocycles. The Kier molecular flexibility index (Phi) is 3.31. The van der Waals surface area contributed by atoms with E-state index >= 15 is 0 Å². The molecule has 1 aromatic rings. The van der Waals surface area contributed by atoms with Crippen molar-refractivity contribution < 1.29 is 9.52 Å². The lowest BCUT2D eigenvalue weighted by Gasteiger charge is -2.12. The lowest BCUT2D eigenvalue weighted by Crippen LogP contribution is -2.15. The van der Waals surface area contributed by atoms with Crippen LogP contribution in [0.15, 0.2) is 23.0 Å². The van der Waals surface area contributed by atoms with E-state index in [1.807, 2.05) is 19.0 Å². The zero-order valence-electron chi connectivity index (χ0n) is 7.53. The lowest BCUT2D eigenvalue weighted by molar-refractivity contribution is 0.153. The van der Waals surface area contributed by atoms with Crippen molar-refractivity contribution in [3.8, 4) is 0 Å². The first-order chi connectivity index (χ1) is 5.70. The molecule has 1 aromatic heterocycles. The molecule has 0 aliphatic rings. The maximum atomic E-state index is 9.57. The molecule has 0 fully saturated rings. The van der Waals surface area contributed by atoms with Gasteiger partial charge in [0.05, 0.1) is 18.6 Å². The SMILES string of the molecule is CN(C)CCC(O)c1ccoc1. The zero-order valence-corrected chi connectivity index (χ0v) is 7.53. The molecule has 0 aliphatic heterocycles. The fourth-order valence-corrected chi connectivity index (χ4v) is 1.01. The molecule has 0 bridgehead atoms. The lowest BCUT2D eigenvalue weighted by atomic mass is 10.1. The molecular weight excluding hydrogens is 154 g/mol. The summed E-state index contributed by atoms with van der Waals surface area (Å²) in [6.07, 6.45) is 3.51. The maximum absolute atomic E-state index is 9.57. The molecule has 12 heavy (non-hydrogen) atoms. The van der Waals surface area contributed by atoms with Gasteiger partial charge in [-0.3, -0.25) is 0 Å². The highest BCUT2D eigenvalue weighted by molar-refractivity contribution is 5.08. The summed E-state index contributed by atoms with van der Waals surface area (Å²) in [5, 5.41) is 9.57. The van der Waals surface area contributed by atoms with Gasteiger partial charge in [0, 0.05) is 12.1 Å². The smallest absolute Gasteiger partial charge is 0.0960 e. The van der Waals surface area contributed by atoms with Crippen LogP contribution in [0, 0.1) is 0 Å². The van der Waals surface area contributed by atoms with E-state index in [4.69, 9.17) is 4.42 Å². The van der Waals surface area contributed by atoms with Crippen molar-refractivity contribution in [2.24, 2.45) is 0 Å². The summed E-state index contributed by atoms with van der Waals surface area (Å²) in [7, 11) is 3.98. The normalized spacial score (nSPS) is 13.7. The monoisotopic (exact) mass is 169 g/mol. The van der Waals surface area contributed by atoms with Crippen LogP contribution >= 0.6 is 0 Å². The van der Waals surface area contributed by atoms with E-state index in [0.29, 0.717) is 0 Å². The standard InChI is InChI=1S/C9H15NO2/c1-10(2)5-3-9(11)8-4-6-12-7-8/h4,6-7,9,11H,3,5H2,1-2H3. The molecule has 0 amide bonds. The summed E-state index contributed by atoms with van der Waals surface area (Å²) in [6.45, 7) is 0.881. The first-order valence-corrected chi connectivity index (χ1v) is 4.05. The van der Waals surface area contributed by atoms with Crippen LogP contribution in [0.5, 0.6) is 0 Å². The Morgan fingerprint density at radius 2 is 2.33 bits per heavy atom. The third kappa shape index (κ3) is 2.68. The van der Waals surface area contributed by atoms with Crippen molar-refractivity contribution in [1.82, 2.24) is 4.90 Å². The van der Waals surface area contributed by atoms with Crippen molar-refractivity contribution in [1.29, 1.82) is 0 Å². The van der Waals surface area contributed by atoms with Crippen LogP contribution < -0.4 is 0 Å². The molecule has 0 saturated carbocycles. The second-order valence-corrected chi connectivity index (χ2v) is 3.16. The van der Waals surface area contributed by atoms with Gasteiger partial charge in [0.1, 0.15) is 0 Å². The molecule has 3 heteroatoms. The Bertz CT molecular complexity index is 206. The van der Waals surface area contributed by atoms with Crippen LogP contribution in [-0.2, 0) is 0 Å². The second kappa shape index (κ2) is 4.28. The molecule has 1 unspecified atom stereocenters. The number of furan rings is 1. The van der Waals surface area contributed by atoms with E-state index in [0.717, 1.165) is 18.5 Å². The van der Waals surface area contributed by atoms with Gasteiger partial charge in [0.15, 0.2) is 0 Å². The van der Waals surface area contributed by atoms with Gasteiger partial charge < -0.3 is 14.4 Å². The molecule has 0 aromatic carbocycles. The maximum Gasteiger partial charge on any atom is 0.0960 e. The van der Waals surface area contributed by atoms with E-state index in [1.54, 1.807) is 18.6 Å². The predicted molar refractivity (Wildman–Crippen MR) is 46.8 cm³/mol. The van der Waals surface area contributed by atoms with Crippen molar-refractivity contribution in [2.75, 3.05) is 20.6 Å². The molecule has 1 heterocycles. The van der Waals surface area contributed by atoms with Crippen LogP contribution in [-0.4, -0.2) is 30.6 Å². The highest BCUT2D eigenvalue weighted by atomic mass is 16.3. The molecule has 0 spiro atoms. The van der Waals surface area contributed by atoms with Gasteiger partial charge in [-0.15, -0.1) is 0 Å². The number of hydrogen-bond donors (Lipinski definition) is 1. The summed E-state index contributed by atoms with van der Waals surface area (Å²) >= 11 is 0. The van der Waals surface area contributed by atoms with E-state index in [1.165, 1.54) is 0 Å². The molecular formula is C9H15NO2. The van der Waals surface area contributed by atoms with Crippen LogP contribution in [0.25, 0.3) is 0 Å². The minimum Gasteiger partial charge on any atom is -0.472 e. The van der Waals surface area contributed by atoms with Crippen molar-refractivity contribution in [2.45, 2.75) is 12.5 Å². The van der Waals surface area contributed by atoms with Crippen LogP contribution in [0.4, 0.5) is 0 Å². The minimum absolute atomic E-state index is 0.397. The van der Waals surface area contributed by atoms with Gasteiger partial charge in [0.25, 0.3) is 0 Å². The average molecular weight is 169 g/mol. The molecule has 0 saturated heterocycles. The molecule has 1 rings (SSSR count). The zero-order chi connectivity index (χ0) is 8.97. The van der Waals surface area contributed by atoms with Gasteiger partial charge in [-0.1, -0.05) is 0 Å². The fourth-order valence-electron chi connectivity index (χ4n) is 1.01. The van der Waals surface area contributed by atoms with E-state index in [-0.39, 0.29) is 0 Å². The number of nitrogens with zero attached hydrogens (tertiary/aromatic N) is 1. The van der Waals surface area contributed by atoms with Crippen molar-refractivity contribution in [3.63, 3.8) is 0 Å². The highest BCUT2D eigenvalue weighted by Gasteiger charge is 2.08. The predicted octanol–water partition coefficient (Wildman–Crippen LogP) is 1.26. The fraction of sp³-hybridized carbons (Fsp3) is 0.556. The van der Waals surface area contributed by atoms with Gasteiger partial charge in [0.2, 0.25) is 0 Å². The van der Waals surface area contributed by atoms with Crippen molar-refractivity contribution >= 4 is 0 Å². The van der Waals surface area contributed by atoms with E-state index in [2.05, 4.69) is 0 Å². The summed E-state index contributed by atoms with van der Waals surface area (Å²) in [5.41, 5.74) is 0.858. The van der Waals surface area contributed by atoms with Crippen LogP contribution in [0.2, 0.25) is 0 Å². The summed E-state index contributed by atoms with van der Waals surface area (Å²) in [6, 6.07) is 1.79. The van der Waals surface area contributed by atoms with E-state index in [9.17, 15) is 5.11 Å². The third-order valence-corrected chi connectivity index (χ3v) is 1.78. The Balaban J connectivity index is 2.34. The van der Waals surface area contributed by atoms with Gasteiger partial charge in [-0.05, 0) is 26.6 Å². The Morgan fingerprint density at radius 3 is 2.83 bits per heavy atom. The first-order valence-electron chi connectivity index (χ1n) is 4.05. The molecule has 68 valence electrons. The van der Waals surface area contributed by atoms with Gasteiger partial charge in [-0.25, -0.2) is 0 Å². The topological polar surface area (TPSA) is 36.6 Å². The summed E-state index contributed by atoms with van der Waals surface area (Å²) < 4.78 is 4.87. The quantitative estimate of drug-likeness (QED) is 0.737. The van der Waals surface area contributed by atoms with Crippen molar-refractivity contribution in [3.05, 3.63) is 24.2 Å². The van der Waals surface area contributed by atoms with Crippen LogP contribution in [0.1, 0.15) is 18.1 Å². The Morgan fingerprint density at radius 1 is 1.58 bits per heavy atom. The Hall–Kier alpha value is -0.800. The molecule has 0 radical (unpaired) electrons. The number of aliphatic hydroxyl groups excluding tert-OH is 1. The molecule has 3 nitrogen and oxygen atoms in total. The minimum atomic E-state index is -0.397. The second-order valence-electron chi connectivity index (χ2n) is 3.16. The first kappa shape index (κ1) is 9.29. The molecule has 1 N–H and O–H groups in total. The van der Waals surface area contributed by atoms with Gasteiger partial charge in [-0.2, -0.15) is 0 Å². The third-order valence-electron chi connectivity index (χ3n) is 1.78. The number of hydrogen-bond acceptors (Lipinski definition) is 3. The average Bonchev–Trinajstić information content (AvgIpc) is 2.51. The number of rotatable bonds is 4. The molecule has 1 atom stereocenters.